The lowest BCUT2D eigenvalue weighted by Gasteiger charge is -2.05. The van der Waals surface area contributed by atoms with Gasteiger partial charge < -0.3 is 5.32 Å². The van der Waals surface area contributed by atoms with E-state index in [4.69, 9.17) is 0 Å². The lowest BCUT2D eigenvalue weighted by molar-refractivity contribution is 0.102. The van der Waals surface area contributed by atoms with Crippen molar-refractivity contribution in [3.63, 3.8) is 0 Å². The highest BCUT2D eigenvalue weighted by atomic mass is 16.1. The normalized spacial score (nSPS) is 10.5. The van der Waals surface area contributed by atoms with E-state index in [0.29, 0.717) is 11.3 Å². The molecule has 0 aromatic carbocycles. The molecule has 3 aromatic heterocycles. The summed E-state index contributed by atoms with van der Waals surface area (Å²) in [4.78, 5) is 20.5. The van der Waals surface area contributed by atoms with Crippen molar-refractivity contribution in [2.24, 2.45) is 7.05 Å². The standard InChI is InChI=1S/C16H15N5O/c1-11-15(10-21(2)20-11)19-16(22)13-3-4-14(18-9-13)12-5-7-17-8-6-12/h3-10H,1-2H3,(H,19,22). The SMILES string of the molecule is Cc1nn(C)cc1NC(=O)c1ccc(-c2ccncc2)nc1. The molecule has 3 aromatic rings. The molecule has 6 heteroatoms. The summed E-state index contributed by atoms with van der Waals surface area (Å²) in [6, 6.07) is 7.33. The third-order valence-corrected chi connectivity index (χ3v) is 3.26. The van der Waals surface area contributed by atoms with Crippen LogP contribution in [0.3, 0.4) is 0 Å². The number of rotatable bonds is 3. The minimum absolute atomic E-state index is 0.204. The van der Waals surface area contributed by atoms with Gasteiger partial charge in [0.1, 0.15) is 0 Å². The summed E-state index contributed by atoms with van der Waals surface area (Å²) >= 11 is 0. The second kappa shape index (κ2) is 5.77. The molecule has 3 rings (SSSR count). The maximum Gasteiger partial charge on any atom is 0.257 e. The van der Waals surface area contributed by atoms with E-state index in [2.05, 4.69) is 20.4 Å². The molecule has 0 atom stereocenters. The summed E-state index contributed by atoms with van der Waals surface area (Å²) in [6.07, 6.45) is 6.76. The van der Waals surface area contributed by atoms with E-state index in [1.54, 1.807) is 35.5 Å². The summed E-state index contributed by atoms with van der Waals surface area (Å²) in [7, 11) is 1.81. The van der Waals surface area contributed by atoms with E-state index >= 15 is 0 Å². The molecule has 1 N–H and O–H groups in total. The van der Waals surface area contributed by atoms with Crippen molar-refractivity contribution in [3.8, 4) is 11.3 Å². The molecular weight excluding hydrogens is 278 g/mol. The first kappa shape index (κ1) is 13.9. The Kier molecular flexibility index (Phi) is 3.65. The molecule has 0 spiro atoms. The molecule has 0 fully saturated rings. The van der Waals surface area contributed by atoms with Crippen molar-refractivity contribution in [2.75, 3.05) is 5.32 Å². The first-order valence-corrected chi connectivity index (χ1v) is 6.81. The van der Waals surface area contributed by atoms with Gasteiger partial charge in [0.2, 0.25) is 0 Å². The summed E-state index contributed by atoms with van der Waals surface area (Å²) in [5.74, 6) is -0.204. The van der Waals surface area contributed by atoms with Crippen molar-refractivity contribution in [2.45, 2.75) is 6.92 Å². The zero-order chi connectivity index (χ0) is 15.5. The van der Waals surface area contributed by atoms with Gasteiger partial charge in [-0.2, -0.15) is 5.10 Å². The fourth-order valence-electron chi connectivity index (χ4n) is 2.14. The first-order valence-electron chi connectivity index (χ1n) is 6.81. The fraction of sp³-hybridized carbons (Fsp3) is 0.125. The van der Waals surface area contributed by atoms with Gasteiger partial charge in [-0.3, -0.25) is 19.4 Å². The van der Waals surface area contributed by atoms with Crippen molar-refractivity contribution < 1.29 is 4.79 Å². The Hall–Kier alpha value is -3.02. The van der Waals surface area contributed by atoms with Crippen molar-refractivity contribution in [1.29, 1.82) is 0 Å². The lowest BCUT2D eigenvalue weighted by atomic mass is 10.1. The Morgan fingerprint density at radius 3 is 2.55 bits per heavy atom. The first-order chi connectivity index (χ1) is 10.6. The number of aromatic nitrogens is 4. The van der Waals surface area contributed by atoms with Crippen LogP contribution < -0.4 is 5.32 Å². The summed E-state index contributed by atoms with van der Waals surface area (Å²) < 4.78 is 1.66. The van der Waals surface area contributed by atoms with E-state index in [9.17, 15) is 4.79 Å². The average Bonchev–Trinajstić information content (AvgIpc) is 2.86. The third-order valence-electron chi connectivity index (χ3n) is 3.26. The van der Waals surface area contributed by atoms with Crippen LogP contribution in [0.4, 0.5) is 5.69 Å². The Labute approximate surface area is 127 Å². The molecule has 0 aliphatic carbocycles. The van der Waals surface area contributed by atoms with Crippen LogP contribution in [0.1, 0.15) is 16.1 Å². The molecule has 0 saturated carbocycles. The third kappa shape index (κ3) is 2.85. The fourth-order valence-corrected chi connectivity index (χ4v) is 2.14. The average molecular weight is 293 g/mol. The minimum atomic E-state index is -0.204. The van der Waals surface area contributed by atoms with Gasteiger partial charge in [0.15, 0.2) is 0 Å². The molecular formula is C16H15N5O. The topological polar surface area (TPSA) is 72.7 Å². The number of anilines is 1. The van der Waals surface area contributed by atoms with Gasteiger partial charge in [-0.05, 0) is 31.2 Å². The molecule has 6 nitrogen and oxygen atoms in total. The number of amides is 1. The highest BCUT2D eigenvalue weighted by Gasteiger charge is 2.10. The number of carbonyl (C=O) groups is 1. The molecule has 3 heterocycles. The number of carbonyl (C=O) groups excluding carboxylic acids is 1. The van der Waals surface area contributed by atoms with Gasteiger partial charge in [0, 0.05) is 37.4 Å². The number of nitrogens with one attached hydrogen (secondary N) is 1. The molecule has 110 valence electrons. The van der Waals surface area contributed by atoms with Gasteiger partial charge in [0.05, 0.1) is 22.6 Å². The van der Waals surface area contributed by atoms with E-state index in [1.165, 1.54) is 0 Å². The van der Waals surface area contributed by atoms with Gasteiger partial charge in [-0.15, -0.1) is 0 Å². The lowest BCUT2D eigenvalue weighted by Crippen LogP contribution is -2.12. The van der Waals surface area contributed by atoms with Crippen LogP contribution >= 0.6 is 0 Å². The maximum absolute atomic E-state index is 12.2. The summed E-state index contributed by atoms with van der Waals surface area (Å²) in [6.45, 7) is 1.85. The van der Waals surface area contributed by atoms with Gasteiger partial charge >= 0.3 is 0 Å². The van der Waals surface area contributed by atoms with E-state index in [-0.39, 0.29) is 5.91 Å². The Morgan fingerprint density at radius 2 is 1.95 bits per heavy atom. The zero-order valence-corrected chi connectivity index (χ0v) is 12.3. The highest BCUT2D eigenvalue weighted by molar-refractivity contribution is 6.04. The Balaban J connectivity index is 1.78. The van der Waals surface area contributed by atoms with Crippen LogP contribution in [0.5, 0.6) is 0 Å². The summed E-state index contributed by atoms with van der Waals surface area (Å²) in [5.41, 5.74) is 3.74. The predicted molar refractivity (Wildman–Crippen MR) is 83.4 cm³/mol. The molecule has 0 aliphatic heterocycles. The van der Waals surface area contributed by atoms with Crippen LogP contribution in [0.25, 0.3) is 11.3 Å². The largest absolute Gasteiger partial charge is 0.319 e. The predicted octanol–water partition coefficient (Wildman–Crippen LogP) is 2.44. The molecule has 0 saturated heterocycles. The summed E-state index contributed by atoms with van der Waals surface area (Å²) in [5, 5.41) is 7.03. The van der Waals surface area contributed by atoms with E-state index in [0.717, 1.165) is 17.0 Å². The number of aryl methyl sites for hydroxylation is 2. The Morgan fingerprint density at radius 1 is 1.18 bits per heavy atom. The van der Waals surface area contributed by atoms with Crippen LogP contribution in [-0.4, -0.2) is 25.7 Å². The van der Waals surface area contributed by atoms with Crippen molar-refractivity contribution in [3.05, 3.63) is 60.3 Å². The smallest absolute Gasteiger partial charge is 0.257 e. The maximum atomic E-state index is 12.2. The quantitative estimate of drug-likeness (QED) is 0.805. The van der Waals surface area contributed by atoms with Gasteiger partial charge in [-0.1, -0.05) is 0 Å². The monoisotopic (exact) mass is 293 g/mol. The second-order valence-electron chi connectivity index (χ2n) is 4.92. The zero-order valence-electron chi connectivity index (χ0n) is 12.3. The van der Waals surface area contributed by atoms with Crippen LogP contribution in [0.15, 0.2) is 49.1 Å². The number of hydrogen-bond donors (Lipinski definition) is 1. The van der Waals surface area contributed by atoms with Gasteiger partial charge in [0.25, 0.3) is 5.91 Å². The van der Waals surface area contributed by atoms with Crippen LogP contribution in [-0.2, 0) is 7.05 Å². The molecule has 0 radical (unpaired) electrons. The van der Waals surface area contributed by atoms with Crippen LogP contribution in [0.2, 0.25) is 0 Å². The second-order valence-corrected chi connectivity index (χ2v) is 4.92. The highest BCUT2D eigenvalue weighted by Crippen LogP contribution is 2.17. The molecule has 0 bridgehead atoms. The van der Waals surface area contributed by atoms with E-state index < -0.39 is 0 Å². The molecule has 0 unspecified atom stereocenters. The van der Waals surface area contributed by atoms with Crippen LogP contribution in [0, 0.1) is 6.92 Å². The van der Waals surface area contributed by atoms with Gasteiger partial charge in [-0.25, -0.2) is 0 Å². The number of nitrogens with zero attached hydrogens (tertiary/aromatic N) is 4. The van der Waals surface area contributed by atoms with Crippen molar-refractivity contribution in [1.82, 2.24) is 19.7 Å². The van der Waals surface area contributed by atoms with Crippen molar-refractivity contribution >= 4 is 11.6 Å². The Bertz CT molecular complexity index is 793. The number of hydrogen-bond acceptors (Lipinski definition) is 4. The molecule has 22 heavy (non-hydrogen) atoms. The molecule has 1 amide bonds. The van der Waals surface area contributed by atoms with E-state index in [1.807, 2.05) is 32.2 Å². The minimum Gasteiger partial charge on any atom is -0.319 e. The number of pyridine rings is 2. The molecule has 0 aliphatic rings.